The van der Waals surface area contributed by atoms with E-state index >= 15 is 0 Å². The van der Waals surface area contributed by atoms with Gasteiger partial charge in [0, 0.05) is 45.1 Å². The van der Waals surface area contributed by atoms with Crippen LogP contribution in [0.3, 0.4) is 0 Å². The minimum Gasteiger partial charge on any atom is -0.338 e. The van der Waals surface area contributed by atoms with E-state index in [1.165, 1.54) is 0 Å². The van der Waals surface area contributed by atoms with E-state index in [0.717, 1.165) is 28.0 Å². The van der Waals surface area contributed by atoms with E-state index in [-0.39, 0.29) is 11.8 Å². The number of amides is 2. The van der Waals surface area contributed by atoms with Crippen molar-refractivity contribution < 1.29 is 9.59 Å². The van der Waals surface area contributed by atoms with E-state index in [1.807, 2.05) is 36.7 Å². The lowest BCUT2D eigenvalue weighted by molar-refractivity contribution is -0.129. The molecule has 2 amide bonds. The van der Waals surface area contributed by atoms with Crippen LogP contribution in [0.5, 0.6) is 0 Å². The molecule has 7 nitrogen and oxygen atoms in total. The summed E-state index contributed by atoms with van der Waals surface area (Å²) in [5, 5.41) is 2.95. The molecular formula is C20H21N5O2. The molecule has 3 aromatic rings. The molecule has 138 valence electrons. The van der Waals surface area contributed by atoms with Crippen LogP contribution < -0.4 is 5.32 Å². The first-order valence-electron chi connectivity index (χ1n) is 8.89. The Bertz CT molecular complexity index is 1070. The molecule has 1 aromatic carbocycles. The van der Waals surface area contributed by atoms with Crippen LogP contribution >= 0.6 is 0 Å². The Morgan fingerprint density at radius 2 is 2.04 bits per heavy atom. The van der Waals surface area contributed by atoms with Crippen molar-refractivity contribution in [1.29, 1.82) is 0 Å². The molecule has 1 aliphatic heterocycles. The van der Waals surface area contributed by atoms with Gasteiger partial charge in [0.25, 0.3) is 5.91 Å². The van der Waals surface area contributed by atoms with Crippen LogP contribution in [0.4, 0.5) is 5.69 Å². The molecule has 1 N–H and O–H groups in total. The molecule has 7 heteroatoms. The van der Waals surface area contributed by atoms with Gasteiger partial charge in [-0.1, -0.05) is 0 Å². The summed E-state index contributed by atoms with van der Waals surface area (Å²) in [6.45, 7) is 4.62. The summed E-state index contributed by atoms with van der Waals surface area (Å²) in [5.41, 5.74) is 5.03. The zero-order valence-corrected chi connectivity index (χ0v) is 15.6. The number of pyridine rings is 1. The van der Waals surface area contributed by atoms with E-state index in [2.05, 4.69) is 15.3 Å². The number of carbonyl (C=O) groups excluding carboxylic acids is 2. The highest BCUT2D eigenvalue weighted by Crippen LogP contribution is 2.24. The van der Waals surface area contributed by atoms with E-state index in [9.17, 15) is 9.59 Å². The van der Waals surface area contributed by atoms with Gasteiger partial charge in [-0.05, 0) is 42.7 Å². The fraction of sp³-hybridized carbons (Fsp3) is 0.300. The molecule has 0 atom stereocenters. The van der Waals surface area contributed by atoms with E-state index in [0.29, 0.717) is 30.8 Å². The third-order valence-corrected chi connectivity index (χ3v) is 5.19. The summed E-state index contributed by atoms with van der Waals surface area (Å²) in [6, 6.07) is 5.70. The summed E-state index contributed by atoms with van der Waals surface area (Å²) in [5.74, 6) is 0.766. The standard InChI is InChI=1S/C20H21N5O2/c1-12-22-18-8-15(4-5-19(18)24(12)3)23-20(27)17-10-21-9-14-11-25(13(2)26)7-6-16(14)17/h4-5,8-10H,6-7,11H2,1-3H3,(H,23,27). The van der Waals surface area contributed by atoms with Crippen molar-refractivity contribution >= 4 is 28.5 Å². The van der Waals surface area contributed by atoms with Crippen molar-refractivity contribution in [2.75, 3.05) is 11.9 Å². The van der Waals surface area contributed by atoms with Gasteiger partial charge in [-0.25, -0.2) is 4.98 Å². The quantitative estimate of drug-likeness (QED) is 0.758. The maximum atomic E-state index is 12.9. The number of nitrogens with zero attached hydrogens (tertiary/aromatic N) is 4. The largest absolute Gasteiger partial charge is 0.338 e. The Hall–Kier alpha value is -3.22. The minimum absolute atomic E-state index is 0.0365. The third-order valence-electron chi connectivity index (χ3n) is 5.19. The summed E-state index contributed by atoms with van der Waals surface area (Å²) in [7, 11) is 1.97. The number of aryl methyl sites for hydroxylation is 2. The van der Waals surface area contributed by atoms with Crippen LogP contribution in [0.15, 0.2) is 30.6 Å². The third kappa shape index (κ3) is 3.05. The lowest BCUT2D eigenvalue weighted by Crippen LogP contribution is -2.35. The van der Waals surface area contributed by atoms with Gasteiger partial charge >= 0.3 is 0 Å². The smallest absolute Gasteiger partial charge is 0.257 e. The molecule has 4 rings (SSSR count). The van der Waals surface area contributed by atoms with Crippen LogP contribution in [0.1, 0.15) is 34.2 Å². The van der Waals surface area contributed by atoms with E-state index in [1.54, 1.807) is 24.2 Å². The average Bonchev–Trinajstić information content (AvgIpc) is 2.94. The molecule has 0 bridgehead atoms. The molecule has 2 aromatic heterocycles. The first-order valence-corrected chi connectivity index (χ1v) is 8.89. The lowest BCUT2D eigenvalue weighted by atomic mass is 9.96. The van der Waals surface area contributed by atoms with Crippen LogP contribution in [0.25, 0.3) is 11.0 Å². The average molecular weight is 363 g/mol. The maximum Gasteiger partial charge on any atom is 0.257 e. The molecule has 0 aliphatic carbocycles. The number of fused-ring (bicyclic) bond motifs is 2. The number of hydrogen-bond donors (Lipinski definition) is 1. The molecule has 0 saturated heterocycles. The molecule has 0 saturated carbocycles. The SMILES string of the molecule is CC(=O)N1CCc2c(cncc2C(=O)Nc2ccc3c(c2)nc(C)n3C)C1. The van der Waals surface area contributed by atoms with Crippen LogP contribution in [0.2, 0.25) is 0 Å². The second kappa shape index (κ2) is 6.50. The molecule has 1 aliphatic rings. The maximum absolute atomic E-state index is 12.9. The van der Waals surface area contributed by atoms with Crippen molar-refractivity contribution in [3.63, 3.8) is 0 Å². The van der Waals surface area contributed by atoms with Gasteiger partial charge in [-0.2, -0.15) is 0 Å². The first-order chi connectivity index (χ1) is 12.9. The van der Waals surface area contributed by atoms with Gasteiger partial charge in [-0.15, -0.1) is 0 Å². The number of hydrogen-bond acceptors (Lipinski definition) is 4. The number of benzene rings is 1. The first kappa shape index (κ1) is 17.2. The van der Waals surface area contributed by atoms with Crippen molar-refractivity contribution in [1.82, 2.24) is 19.4 Å². The number of imidazole rings is 1. The predicted molar refractivity (Wildman–Crippen MR) is 102 cm³/mol. The molecule has 0 fully saturated rings. The number of nitrogens with one attached hydrogen (secondary N) is 1. The zero-order chi connectivity index (χ0) is 19.1. The van der Waals surface area contributed by atoms with Crippen molar-refractivity contribution in [2.24, 2.45) is 7.05 Å². The fourth-order valence-corrected chi connectivity index (χ4v) is 3.55. The van der Waals surface area contributed by atoms with Gasteiger partial charge in [0.15, 0.2) is 0 Å². The molecule has 0 spiro atoms. The molecule has 27 heavy (non-hydrogen) atoms. The van der Waals surface area contributed by atoms with Crippen LogP contribution in [-0.4, -0.2) is 37.8 Å². The normalized spacial score (nSPS) is 13.5. The highest BCUT2D eigenvalue weighted by molar-refractivity contribution is 6.06. The Kier molecular flexibility index (Phi) is 4.14. The zero-order valence-electron chi connectivity index (χ0n) is 15.6. The molecular weight excluding hydrogens is 342 g/mol. The van der Waals surface area contributed by atoms with Gasteiger partial charge in [-0.3, -0.25) is 14.6 Å². The Labute approximate surface area is 157 Å². The van der Waals surface area contributed by atoms with Crippen molar-refractivity contribution in [2.45, 2.75) is 26.8 Å². The van der Waals surface area contributed by atoms with Gasteiger partial charge in [0.05, 0.1) is 16.6 Å². The van der Waals surface area contributed by atoms with Gasteiger partial charge in [0.1, 0.15) is 5.82 Å². The van der Waals surface area contributed by atoms with Crippen LogP contribution in [-0.2, 0) is 24.8 Å². The number of anilines is 1. The van der Waals surface area contributed by atoms with Gasteiger partial charge < -0.3 is 14.8 Å². The highest BCUT2D eigenvalue weighted by Gasteiger charge is 2.23. The topological polar surface area (TPSA) is 80.1 Å². The Balaban J connectivity index is 1.61. The summed E-state index contributed by atoms with van der Waals surface area (Å²) < 4.78 is 2.01. The molecule has 3 heterocycles. The second-order valence-corrected chi connectivity index (χ2v) is 6.89. The van der Waals surface area contributed by atoms with Crippen molar-refractivity contribution in [3.8, 4) is 0 Å². The highest BCUT2D eigenvalue weighted by atomic mass is 16.2. The van der Waals surface area contributed by atoms with Gasteiger partial charge in [0.2, 0.25) is 5.91 Å². The van der Waals surface area contributed by atoms with E-state index in [4.69, 9.17) is 0 Å². The summed E-state index contributed by atoms with van der Waals surface area (Å²) in [6.07, 6.45) is 3.99. The Morgan fingerprint density at radius 1 is 1.22 bits per heavy atom. The van der Waals surface area contributed by atoms with Crippen molar-refractivity contribution in [3.05, 3.63) is 53.1 Å². The summed E-state index contributed by atoms with van der Waals surface area (Å²) >= 11 is 0. The Morgan fingerprint density at radius 3 is 2.81 bits per heavy atom. The van der Waals surface area contributed by atoms with Crippen LogP contribution in [0, 0.1) is 6.92 Å². The number of aromatic nitrogens is 3. The number of rotatable bonds is 2. The molecule has 0 radical (unpaired) electrons. The predicted octanol–water partition coefficient (Wildman–Crippen LogP) is 2.43. The number of carbonyl (C=O) groups is 2. The summed E-state index contributed by atoms with van der Waals surface area (Å²) in [4.78, 5) is 35.0. The monoisotopic (exact) mass is 363 g/mol. The molecule has 0 unspecified atom stereocenters. The van der Waals surface area contributed by atoms with E-state index < -0.39 is 0 Å². The lowest BCUT2D eigenvalue weighted by Gasteiger charge is -2.28. The fourth-order valence-electron chi connectivity index (χ4n) is 3.55. The minimum atomic E-state index is -0.192. The second-order valence-electron chi connectivity index (χ2n) is 6.89.